The summed E-state index contributed by atoms with van der Waals surface area (Å²) in [6.07, 6.45) is 0. The predicted octanol–water partition coefficient (Wildman–Crippen LogP) is 3.44. The normalized spacial score (nSPS) is 10.9. The molecule has 3 heteroatoms. The third kappa shape index (κ3) is 3.62. The molecule has 1 rings (SSSR count). The summed E-state index contributed by atoms with van der Waals surface area (Å²) >= 11 is 0. The second-order valence-electron chi connectivity index (χ2n) is 4.99. The van der Waals surface area contributed by atoms with E-state index in [1.165, 1.54) is 0 Å². The van der Waals surface area contributed by atoms with Gasteiger partial charge in [-0.3, -0.25) is 0 Å². The highest BCUT2D eigenvalue weighted by atomic mass is 16.6. The molecule has 0 aliphatic carbocycles. The van der Waals surface area contributed by atoms with E-state index in [0.29, 0.717) is 12.4 Å². The van der Waals surface area contributed by atoms with Gasteiger partial charge in [0.2, 0.25) is 5.76 Å². The topological polar surface area (TPSA) is 35.5 Å². The minimum absolute atomic E-state index is 0.00792. The molecule has 0 bridgehead atoms. The first-order chi connectivity index (χ1) is 8.36. The van der Waals surface area contributed by atoms with E-state index in [1.807, 2.05) is 24.3 Å². The molecule has 0 N–H and O–H groups in total. The largest absolute Gasteiger partial charge is 0.460 e. The van der Waals surface area contributed by atoms with E-state index in [2.05, 4.69) is 27.4 Å². The highest BCUT2D eigenvalue weighted by molar-refractivity contribution is 5.86. The van der Waals surface area contributed by atoms with Crippen LogP contribution in [0.15, 0.2) is 36.6 Å². The lowest BCUT2D eigenvalue weighted by Gasteiger charge is -2.22. The molecule has 98 valence electrons. The summed E-state index contributed by atoms with van der Waals surface area (Å²) in [4.78, 5) is 11.5. The summed E-state index contributed by atoms with van der Waals surface area (Å²) in [5.41, 5.74) is 0.960. The molecular formula is C15H20O3. The van der Waals surface area contributed by atoms with Gasteiger partial charge in [0.05, 0.1) is 6.61 Å². The molecule has 0 atom stereocenters. The third-order valence-electron chi connectivity index (χ3n) is 2.43. The van der Waals surface area contributed by atoms with Gasteiger partial charge in [-0.25, -0.2) is 4.79 Å². The van der Waals surface area contributed by atoms with E-state index in [-0.39, 0.29) is 11.2 Å². The van der Waals surface area contributed by atoms with Crippen LogP contribution in [-0.2, 0) is 14.9 Å². The van der Waals surface area contributed by atoms with Crippen molar-refractivity contribution in [3.05, 3.63) is 42.2 Å². The molecule has 0 amide bonds. The summed E-state index contributed by atoms with van der Waals surface area (Å²) in [7, 11) is 0. The van der Waals surface area contributed by atoms with Crippen molar-refractivity contribution in [2.24, 2.45) is 0 Å². The molecule has 0 aliphatic rings. The van der Waals surface area contributed by atoms with Gasteiger partial charge in [-0.15, -0.1) is 0 Å². The zero-order chi connectivity index (χ0) is 13.8. The summed E-state index contributed by atoms with van der Waals surface area (Å²) in [6, 6.07) is 7.61. The Balaban J connectivity index is 2.92. The first-order valence-corrected chi connectivity index (χ1v) is 5.99. The molecule has 0 heterocycles. The average molecular weight is 248 g/mol. The van der Waals surface area contributed by atoms with Gasteiger partial charge in [-0.2, -0.15) is 0 Å². The van der Waals surface area contributed by atoms with Crippen LogP contribution in [-0.4, -0.2) is 12.6 Å². The number of hydrogen-bond acceptors (Lipinski definition) is 3. The lowest BCUT2D eigenvalue weighted by atomic mass is 9.86. The zero-order valence-electron chi connectivity index (χ0n) is 11.4. The van der Waals surface area contributed by atoms with Gasteiger partial charge >= 0.3 is 5.97 Å². The minimum Gasteiger partial charge on any atom is -0.460 e. The Morgan fingerprint density at radius 2 is 1.89 bits per heavy atom. The van der Waals surface area contributed by atoms with Crippen molar-refractivity contribution in [1.82, 2.24) is 0 Å². The van der Waals surface area contributed by atoms with Crippen LogP contribution in [0.4, 0.5) is 0 Å². The number of hydrogen-bond donors (Lipinski definition) is 0. The first kappa shape index (κ1) is 14.3. The van der Waals surface area contributed by atoms with E-state index < -0.39 is 5.97 Å². The number of ether oxygens (including phenoxy) is 2. The quantitative estimate of drug-likeness (QED) is 0.465. The summed E-state index contributed by atoms with van der Waals surface area (Å²) in [5.74, 6) is 0.123. The molecule has 0 saturated carbocycles. The second-order valence-corrected chi connectivity index (χ2v) is 4.99. The summed E-state index contributed by atoms with van der Waals surface area (Å²) in [6.45, 7) is 11.9. The van der Waals surface area contributed by atoms with Crippen LogP contribution in [0.1, 0.15) is 33.3 Å². The number of esters is 1. The van der Waals surface area contributed by atoms with Crippen molar-refractivity contribution >= 4 is 5.97 Å². The number of benzene rings is 1. The number of carbonyl (C=O) groups is 1. The van der Waals surface area contributed by atoms with Crippen LogP contribution >= 0.6 is 0 Å². The fraction of sp³-hybridized carbons (Fsp3) is 0.400. The molecule has 1 aromatic carbocycles. The monoisotopic (exact) mass is 248 g/mol. The molecule has 0 saturated heterocycles. The van der Waals surface area contributed by atoms with Crippen molar-refractivity contribution in [3.63, 3.8) is 0 Å². The van der Waals surface area contributed by atoms with Gasteiger partial charge in [0.25, 0.3) is 0 Å². The molecule has 0 fully saturated rings. The molecule has 0 radical (unpaired) electrons. The average Bonchev–Trinajstić information content (AvgIpc) is 2.28. The maximum atomic E-state index is 11.5. The van der Waals surface area contributed by atoms with Gasteiger partial charge in [-0.1, -0.05) is 39.0 Å². The van der Waals surface area contributed by atoms with Gasteiger partial charge in [0.1, 0.15) is 5.75 Å². The maximum absolute atomic E-state index is 11.5. The Labute approximate surface area is 108 Å². The van der Waals surface area contributed by atoms with Crippen LogP contribution in [0.2, 0.25) is 0 Å². The van der Waals surface area contributed by atoms with Crippen molar-refractivity contribution in [2.45, 2.75) is 33.1 Å². The Morgan fingerprint density at radius 1 is 1.28 bits per heavy atom. The standard InChI is InChI=1S/C15H20O3/c1-6-17-14(16)11(2)18-13-10-8-7-9-12(13)15(3,4)5/h7-10H,2,6H2,1,3-5H3. The smallest absolute Gasteiger partial charge is 0.373 e. The second kappa shape index (κ2) is 5.71. The van der Waals surface area contributed by atoms with Crippen molar-refractivity contribution in [1.29, 1.82) is 0 Å². The Bertz CT molecular complexity index is 441. The molecule has 0 aromatic heterocycles. The molecular weight excluding hydrogens is 228 g/mol. The van der Waals surface area contributed by atoms with Crippen LogP contribution < -0.4 is 4.74 Å². The number of para-hydroxylation sites is 1. The minimum atomic E-state index is -0.527. The van der Waals surface area contributed by atoms with Crippen LogP contribution in [0.25, 0.3) is 0 Å². The van der Waals surface area contributed by atoms with Crippen molar-refractivity contribution < 1.29 is 14.3 Å². The highest BCUT2D eigenvalue weighted by Crippen LogP contribution is 2.31. The SMILES string of the molecule is C=C(Oc1ccccc1C(C)(C)C)C(=O)OCC. The molecule has 1 aromatic rings. The summed E-state index contributed by atoms with van der Waals surface area (Å²) in [5, 5.41) is 0. The van der Waals surface area contributed by atoms with E-state index in [1.54, 1.807) is 6.92 Å². The molecule has 0 unspecified atom stereocenters. The van der Waals surface area contributed by atoms with Gasteiger partial charge in [-0.05, 0) is 25.0 Å². The molecule has 18 heavy (non-hydrogen) atoms. The van der Waals surface area contributed by atoms with E-state index in [9.17, 15) is 4.79 Å². The summed E-state index contributed by atoms with van der Waals surface area (Å²) < 4.78 is 10.4. The van der Waals surface area contributed by atoms with Gasteiger partial charge < -0.3 is 9.47 Å². The predicted molar refractivity (Wildman–Crippen MR) is 71.5 cm³/mol. The van der Waals surface area contributed by atoms with Gasteiger partial charge in [0.15, 0.2) is 0 Å². The third-order valence-corrected chi connectivity index (χ3v) is 2.43. The number of rotatable bonds is 4. The fourth-order valence-corrected chi connectivity index (χ4v) is 1.56. The van der Waals surface area contributed by atoms with Crippen molar-refractivity contribution in [2.75, 3.05) is 6.61 Å². The fourth-order valence-electron chi connectivity index (χ4n) is 1.56. The van der Waals surface area contributed by atoms with Crippen molar-refractivity contribution in [3.8, 4) is 5.75 Å². The number of carbonyl (C=O) groups excluding carboxylic acids is 1. The molecule has 0 spiro atoms. The van der Waals surface area contributed by atoms with E-state index in [4.69, 9.17) is 9.47 Å². The Morgan fingerprint density at radius 3 is 2.44 bits per heavy atom. The van der Waals surface area contributed by atoms with Crippen LogP contribution in [0, 0.1) is 0 Å². The van der Waals surface area contributed by atoms with E-state index >= 15 is 0 Å². The molecule has 0 aliphatic heterocycles. The lowest BCUT2D eigenvalue weighted by molar-refractivity contribution is -0.140. The lowest BCUT2D eigenvalue weighted by Crippen LogP contribution is -2.16. The highest BCUT2D eigenvalue weighted by Gasteiger charge is 2.20. The van der Waals surface area contributed by atoms with Crippen LogP contribution in [0.5, 0.6) is 5.75 Å². The van der Waals surface area contributed by atoms with E-state index in [0.717, 1.165) is 5.56 Å². The zero-order valence-corrected chi connectivity index (χ0v) is 11.4. The Kier molecular flexibility index (Phi) is 4.54. The van der Waals surface area contributed by atoms with Gasteiger partial charge in [0, 0.05) is 5.56 Å². The molecule has 3 nitrogen and oxygen atoms in total. The maximum Gasteiger partial charge on any atom is 0.373 e. The first-order valence-electron chi connectivity index (χ1n) is 5.99. The van der Waals surface area contributed by atoms with Crippen LogP contribution in [0.3, 0.4) is 0 Å². The Hall–Kier alpha value is -1.77.